The van der Waals surface area contributed by atoms with Gasteiger partial charge < -0.3 is 5.11 Å². The molecule has 82 valence electrons. The molecule has 1 aromatic rings. The van der Waals surface area contributed by atoms with Crippen LogP contribution in [0.15, 0.2) is 24.3 Å². The van der Waals surface area contributed by atoms with E-state index < -0.39 is 6.09 Å². The molecule has 0 unspecified atom stereocenters. The minimum Gasteiger partial charge on any atom is -0.465 e. The summed E-state index contributed by atoms with van der Waals surface area (Å²) < 4.78 is 0. The van der Waals surface area contributed by atoms with E-state index in [-0.39, 0.29) is 12.5 Å². The Balaban J connectivity index is 2.30. The summed E-state index contributed by atoms with van der Waals surface area (Å²) >= 11 is 0. The monoisotopic (exact) mass is 216 g/mol. The summed E-state index contributed by atoms with van der Waals surface area (Å²) in [6, 6.07) is 9.62. The topological polar surface area (TPSA) is 64.3 Å². The highest BCUT2D eigenvalue weighted by molar-refractivity contribution is 5.66. The van der Waals surface area contributed by atoms with Gasteiger partial charge >= 0.3 is 6.09 Å². The van der Waals surface area contributed by atoms with Gasteiger partial charge in [0.2, 0.25) is 0 Å². The highest BCUT2D eigenvalue weighted by atomic mass is 16.4. The van der Waals surface area contributed by atoms with Crippen molar-refractivity contribution in [1.82, 2.24) is 4.90 Å². The number of nitriles is 1. The van der Waals surface area contributed by atoms with Crippen LogP contribution in [0.4, 0.5) is 4.79 Å². The van der Waals surface area contributed by atoms with Crippen molar-refractivity contribution in [3.63, 3.8) is 0 Å². The predicted octanol–water partition coefficient (Wildman–Crippen LogP) is 2.00. The molecule has 0 radical (unpaired) electrons. The van der Waals surface area contributed by atoms with E-state index >= 15 is 0 Å². The molecule has 0 saturated heterocycles. The van der Waals surface area contributed by atoms with Crippen molar-refractivity contribution in [2.24, 2.45) is 0 Å². The van der Waals surface area contributed by atoms with Gasteiger partial charge in [-0.25, -0.2) is 4.79 Å². The highest BCUT2D eigenvalue weighted by Gasteiger charge is 2.28. The van der Waals surface area contributed by atoms with Crippen molar-refractivity contribution in [3.05, 3.63) is 35.4 Å². The molecular weight excluding hydrogens is 204 g/mol. The summed E-state index contributed by atoms with van der Waals surface area (Å²) in [6.45, 7) is 0.387. The maximum atomic E-state index is 11.1. The van der Waals surface area contributed by atoms with Gasteiger partial charge in [-0.05, 0) is 17.5 Å². The summed E-state index contributed by atoms with van der Waals surface area (Å²) in [4.78, 5) is 12.4. The van der Waals surface area contributed by atoms with Gasteiger partial charge in [-0.15, -0.1) is 0 Å². The average molecular weight is 216 g/mol. The number of hydrogen-bond donors (Lipinski definition) is 1. The Hall–Kier alpha value is -2.02. The summed E-state index contributed by atoms with van der Waals surface area (Å²) in [7, 11) is 0. The molecule has 1 atom stereocenters. The third-order valence-electron chi connectivity index (χ3n) is 2.93. The van der Waals surface area contributed by atoms with Crippen LogP contribution in [0, 0.1) is 11.3 Å². The fourth-order valence-electron chi connectivity index (χ4n) is 2.10. The zero-order valence-electron chi connectivity index (χ0n) is 8.76. The van der Waals surface area contributed by atoms with E-state index in [2.05, 4.69) is 0 Å². The number of rotatable bonds is 1. The Morgan fingerprint density at radius 2 is 2.19 bits per heavy atom. The number of fused-ring (bicyclic) bond motifs is 1. The number of benzene rings is 1. The van der Waals surface area contributed by atoms with Crippen molar-refractivity contribution in [2.45, 2.75) is 25.4 Å². The van der Waals surface area contributed by atoms with E-state index in [0.29, 0.717) is 13.0 Å². The van der Waals surface area contributed by atoms with Crippen LogP contribution in [0.1, 0.15) is 17.5 Å². The molecule has 4 heteroatoms. The largest absolute Gasteiger partial charge is 0.465 e. The zero-order valence-corrected chi connectivity index (χ0v) is 8.76. The summed E-state index contributed by atoms with van der Waals surface area (Å²) in [5, 5.41) is 17.8. The first-order valence-electron chi connectivity index (χ1n) is 5.15. The summed E-state index contributed by atoms with van der Waals surface area (Å²) in [5.74, 6) is 0. The molecule has 0 bridgehead atoms. The van der Waals surface area contributed by atoms with E-state index in [0.717, 1.165) is 11.1 Å². The highest BCUT2D eigenvalue weighted by Crippen LogP contribution is 2.24. The van der Waals surface area contributed by atoms with Crippen LogP contribution < -0.4 is 0 Å². The van der Waals surface area contributed by atoms with Gasteiger partial charge in [0.1, 0.15) is 0 Å². The number of nitrogens with zero attached hydrogens (tertiary/aromatic N) is 2. The van der Waals surface area contributed by atoms with Crippen molar-refractivity contribution in [3.8, 4) is 6.07 Å². The van der Waals surface area contributed by atoms with Crippen LogP contribution in [0.5, 0.6) is 0 Å². The van der Waals surface area contributed by atoms with Gasteiger partial charge in [-0.2, -0.15) is 5.26 Å². The molecular formula is C12H12N2O2. The van der Waals surface area contributed by atoms with Gasteiger partial charge in [0.25, 0.3) is 0 Å². The molecule has 2 rings (SSSR count). The second-order valence-corrected chi connectivity index (χ2v) is 3.90. The van der Waals surface area contributed by atoms with Crippen LogP contribution in [-0.2, 0) is 13.0 Å². The first kappa shape index (κ1) is 10.5. The zero-order chi connectivity index (χ0) is 11.5. The van der Waals surface area contributed by atoms with Gasteiger partial charge in [0.15, 0.2) is 0 Å². The first-order valence-corrected chi connectivity index (χ1v) is 5.15. The molecule has 0 spiro atoms. The molecule has 0 fully saturated rings. The Kier molecular flexibility index (Phi) is 2.78. The number of carbonyl (C=O) groups is 1. The van der Waals surface area contributed by atoms with E-state index in [9.17, 15) is 4.79 Å². The Bertz CT molecular complexity index is 451. The number of hydrogen-bond acceptors (Lipinski definition) is 2. The van der Waals surface area contributed by atoms with Crippen molar-refractivity contribution in [1.29, 1.82) is 5.26 Å². The first-order chi connectivity index (χ1) is 7.72. The lowest BCUT2D eigenvalue weighted by molar-refractivity contribution is 0.116. The molecule has 0 saturated carbocycles. The maximum absolute atomic E-state index is 11.1. The third kappa shape index (κ3) is 1.84. The van der Waals surface area contributed by atoms with Crippen molar-refractivity contribution < 1.29 is 9.90 Å². The minimum atomic E-state index is -0.949. The van der Waals surface area contributed by atoms with Crippen molar-refractivity contribution in [2.75, 3.05) is 0 Å². The number of carboxylic acid groups (broad SMARTS) is 1. The van der Waals surface area contributed by atoms with Crippen molar-refractivity contribution >= 4 is 6.09 Å². The molecule has 1 heterocycles. The van der Waals surface area contributed by atoms with E-state index in [1.807, 2.05) is 30.3 Å². The molecule has 1 aromatic carbocycles. The molecule has 16 heavy (non-hydrogen) atoms. The fourth-order valence-corrected chi connectivity index (χ4v) is 2.10. The molecule has 4 nitrogen and oxygen atoms in total. The predicted molar refractivity (Wildman–Crippen MR) is 57.7 cm³/mol. The molecule has 1 aliphatic heterocycles. The molecule has 1 N–H and O–H groups in total. The lowest BCUT2D eigenvalue weighted by atomic mass is 9.93. The van der Waals surface area contributed by atoms with Gasteiger partial charge in [0, 0.05) is 6.54 Å². The quantitative estimate of drug-likeness (QED) is 0.780. The van der Waals surface area contributed by atoms with Gasteiger partial charge in [-0.1, -0.05) is 24.3 Å². The van der Waals surface area contributed by atoms with Crippen LogP contribution in [0.25, 0.3) is 0 Å². The van der Waals surface area contributed by atoms with E-state index in [1.165, 1.54) is 4.90 Å². The summed E-state index contributed by atoms with van der Waals surface area (Å²) in [6.07, 6.45) is -0.0637. The molecule has 1 aliphatic rings. The SMILES string of the molecule is N#CC[C@@H]1Cc2ccccc2CN1C(=O)O. The van der Waals surface area contributed by atoms with E-state index in [4.69, 9.17) is 10.4 Å². The Morgan fingerprint density at radius 1 is 1.50 bits per heavy atom. The molecule has 0 aromatic heterocycles. The molecule has 0 aliphatic carbocycles. The van der Waals surface area contributed by atoms with Crippen LogP contribution in [0.3, 0.4) is 0 Å². The normalized spacial score (nSPS) is 18.7. The molecule has 1 amide bonds. The Morgan fingerprint density at radius 3 is 2.81 bits per heavy atom. The minimum absolute atomic E-state index is 0.211. The second kappa shape index (κ2) is 4.23. The van der Waals surface area contributed by atoms with Crippen LogP contribution in [0.2, 0.25) is 0 Å². The number of amides is 1. The lowest BCUT2D eigenvalue weighted by Crippen LogP contribution is -2.43. The van der Waals surface area contributed by atoms with Crippen LogP contribution >= 0.6 is 0 Å². The standard InChI is InChI=1S/C12H12N2O2/c13-6-5-11-7-9-3-1-2-4-10(9)8-14(11)12(15)16/h1-4,11H,5,7-8H2,(H,15,16)/t11-/m1/s1. The van der Waals surface area contributed by atoms with Crippen LogP contribution in [-0.4, -0.2) is 22.1 Å². The van der Waals surface area contributed by atoms with Gasteiger partial charge in [-0.3, -0.25) is 4.90 Å². The maximum Gasteiger partial charge on any atom is 0.407 e. The second-order valence-electron chi connectivity index (χ2n) is 3.90. The fraction of sp³-hybridized carbons (Fsp3) is 0.333. The smallest absolute Gasteiger partial charge is 0.407 e. The average Bonchev–Trinajstić information content (AvgIpc) is 2.28. The Labute approximate surface area is 93.7 Å². The summed E-state index contributed by atoms with van der Waals surface area (Å²) in [5.41, 5.74) is 2.19. The van der Waals surface area contributed by atoms with E-state index in [1.54, 1.807) is 0 Å². The van der Waals surface area contributed by atoms with Gasteiger partial charge in [0.05, 0.1) is 18.5 Å². The lowest BCUT2D eigenvalue weighted by Gasteiger charge is -2.33. The third-order valence-corrected chi connectivity index (χ3v) is 2.93.